The van der Waals surface area contributed by atoms with Crippen LogP contribution < -0.4 is 11.1 Å². The molecule has 1 fully saturated rings. The Bertz CT molecular complexity index is 288. The molecule has 1 aliphatic heterocycles. The summed E-state index contributed by atoms with van der Waals surface area (Å²) in [6.07, 6.45) is 6.03. The van der Waals surface area contributed by atoms with Crippen LogP contribution in [0.2, 0.25) is 0 Å². The highest BCUT2D eigenvalue weighted by atomic mass is 35.5. The van der Waals surface area contributed by atoms with E-state index in [1.54, 1.807) is 6.20 Å². The minimum Gasteiger partial charge on any atom is -0.397 e. The number of halogens is 2. The zero-order valence-electron chi connectivity index (χ0n) is 8.48. The number of anilines is 1. The highest BCUT2D eigenvalue weighted by Crippen LogP contribution is 2.25. The van der Waals surface area contributed by atoms with Crippen molar-refractivity contribution in [1.29, 1.82) is 0 Å². The topological polar surface area (TPSA) is 50.9 Å². The van der Waals surface area contributed by atoms with Gasteiger partial charge in [0.05, 0.1) is 5.69 Å². The number of piperidine rings is 1. The van der Waals surface area contributed by atoms with E-state index in [2.05, 4.69) is 10.3 Å². The van der Waals surface area contributed by atoms with Gasteiger partial charge in [-0.1, -0.05) is 0 Å². The highest BCUT2D eigenvalue weighted by Gasteiger charge is 2.14. The van der Waals surface area contributed by atoms with E-state index < -0.39 is 0 Å². The lowest BCUT2D eigenvalue weighted by atomic mass is 9.91. The van der Waals surface area contributed by atoms with Gasteiger partial charge in [0.15, 0.2) is 0 Å². The van der Waals surface area contributed by atoms with Gasteiger partial charge in [0.25, 0.3) is 0 Å². The molecule has 3 nitrogen and oxygen atoms in total. The quantitative estimate of drug-likeness (QED) is 0.801. The summed E-state index contributed by atoms with van der Waals surface area (Å²) in [7, 11) is 0. The van der Waals surface area contributed by atoms with Gasteiger partial charge in [-0.05, 0) is 43.5 Å². The van der Waals surface area contributed by atoms with Gasteiger partial charge in [0, 0.05) is 12.4 Å². The molecular formula is C10H17Cl2N3. The minimum absolute atomic E-state index is 0. The first-order chi connectivity index (χ1) is 6.36. The summed E-state index contributed by atoms with van der Waals surface area (Å²) < 4.78 is 0. The van der Waals surface area contributed by atoms with Crippen LogP contribution in [-0.4, -0.2) is 18.1 Å². The van der Waals surface area contributed by atoms with Crippen molar-refractivity contribution < 1.29 is 0 Å². The highest BCUT2D eigenvalue weighted by molar-refractivity contribution is 5.85. The number of rotatable bonds is 1. The van der Waals surface area contributed by atoms with E-state index in [0.29, 0.717) is 5.92 Å². The molecule has 0 aliphatic carbocycles. The monoisotopic (exact) mass is 249 g/mol. The SMILES string of the molecule is Cl.Cl.Nc1cncc(C2CCNCC2)c1. The molecule has 0 atom stereocenters. The standard InChI is InChI=1S/C10H15N3.2ClH/c11-10-5-9(6-13-7-10)8-1-3-12-4-2-8;;/h5-8,12H,1-4,11H2;2*1H. The van der Waals surface area contributed by atoms with Gasteiger partial charge in [-0.15, -0.1) is 24.8 Å². The number of hydrogen-bond donors (Lipinski definition) is 2. The molecule has 1 aromatic rings. The molecule has 0 amide bonds. The molecule has 0 unspecified atom stereocenters. The van der Waals surface area contributed by atoms with Gasteiger partial charge in [0.2, 0.25) is 0 Å². The third kappa shape index (κ3) is 3.86. The normalized spacial score (nSPS) is 16.3. The van der Waals surface area contributed by atoms with Gasteiger partial charge in [-0.2, -0.15) is 0 Å². The molecule has 1 aromatic heterocycles. The Morgan fingerprint density at radius 2 is 1.87 bits per heavy atom. The Kier molecular flexibility index (Phi) is 6.65. The van der Waals surface area contributed by atoms with E-state index in [1.165, 1.54) is 18.4 Å². The van der Waals surface area contributed by atoms with E-state index >= 15 is 0 Å². The average Bonchev–Trinajstić information content (AvgIpc) is 2.19. The fraction of sp³-hybridized carbons (Fsp3) is 0.500. The summed E-state index contributed by atoms with van der Waals surface area (Å²) in [6.45, 7) is 2.22. The van der Waals surface area contributed by atoms with E-state index in [0.717, 1.165) is 18.8 Å². The van der Waals surface area contributed by atoms with Crippen molar-refractivity contribution in [2.45, 2.75) is 18.8 Å². The van der Waals surface area contributed by atoms with Gasteiger partial charge >= 0.3 is 0 Å². The molecule has 0 aromatic carbocycles. The van der Waals surface area contributed by atoms with Crippen LogP contribution >= 0.6 is 24.8 Å². The molecule has 3 N–H and O–H groups in total. The van der Waals surface area contributed by atoms with Crippen LogP contribution in [0.5, 0.6) is 0 Å². The van der Waals surface area contributed by atoms with Gasteiger partial charge < -0.3 is 11.1 Å². The Hall–Kier alpha value is -0.510. The summed E-state index contributed by atoms with van der Waals surface area (Å²) in [5.41, 5.74) is 7.75. The molecule has 5 heteroatoms. The van der Waals surface area contributed by atoms with Crippen LogP contribution in [0.15, 0.2) is 18.5 Å². The Morgan fingerprint density at radius 3 is 2.47 bits per heavy atom. The van der Waals surface area contributed by atoms with E-state index in [1.807, 2.05) is 12.3 Å². The van der Waals surface area contributed by atoms with Crippen LogP contribution in [-0.2, 0) is 0 Å². The summed E-state index contributed by atoms with van der Waals surface area (Å²) in [5.74, 6) is 0.650. The van der Waals surface area contributed by atoms with Crippen molar-refractivity contribution in [1.82, 2.24) is 10.3 Å². The number of nitrogens with one attached hydrogen (secondary N) is 1. The first-order valence-electron chi connectivity index (χ1n) is 4.77. The van der Waals surface area contributed by atoms with Gasteiger partial charge in [0.1, 0.15) is 0 Å². The average molecular weight is 250 g/mol. The van der Waals surface area contributed by atoms with Crippen LogP contribution in [0.1, 0.15) is 24.3 Å². The fourth-order valence-electron chi connectivity index (χ4n) is 1.85. The lowest BCUT2D eigenvalue weighted by Crippen LogP contribution is -2.26. The molecule has 1 saturated heterocycles. The van der Waals surface area contributed by atoms with Crippen molar-refractivity contribution in [2.75, 3.05) is 18.8 Å². The maximum atomic E-state index is 5.69. The maximum absolute atomic E-state index is 5.69. The number of pyridine rings is 1. The fourth-order valence-corrected chi connectivity index (χ4v) is 1.85. The van der Waals surface area contributed by atoms with Crippen molar-refractivity contribution in [3.63, 3.8) is 0 Å². The molecule has 2 rings (SSSR count). The third-order valence-electron chi connectivity index (χ3n) is 2.59. The molecule has 15 heavy (non-hydrogen) atoms. The third-order valence-corrected chi connectivity index (χ3v) is 2.59. The van der Waals surface area contributed by atoms with Crippen LogP contribution in [0.4, 0.5) is 5.69 Å². The Balaban J connectivity index is 0.000000980. The zero-order chi connectivity index (χ0) is 9.10. The van der Waals surface area contributed by atoms with Crippen molar-refractivity contribution >= 4 is 30.5 Å². The summed E-state index contributed by atoms with van der Waals surface area (Å²) in [4.78, 5) is 4.11. The zero-order valence-corrected chi connectivity index (χ0v) is 10.1. The molecule has 2 heterocycles. The molecule has 0 bridgehead atoms. The predicted molar refractivity (Wildman–Crippen MR) is 68.0 cm³/mol. The van der Waals surface area contributed by atoms with Crippen LogP contribution in [0.25, 0.3) is 0 Å². The van der Waals surface area contributed by atoms with Gasteiger partial charge in [-0.25, -0.2) is 0 Å². The van der Waals surface area contributed by atoms with E-state index in [4.69, 9.17) is 5.73 Å². The second-order valence-electron chi connectivity index (χ2n) is 3.58. The summed E-state index contributed by atoms with van der Waals surface area (Å²) >= 11 is 0. The second kappa shape index (κ2) is 6.88. The van der Waals surface area contributed by atoms with Crippen molar-refractivity contribution in [3.8, 4) is 0 Å². The molecule has 0 spiro atoms. The first-order valence-corrected chi connectivity index (χ1v) is 4.77. The minimum atomic E-state index is 0. The lowest BCUT2D eigenvalue weighted by Gasteiger charge is -2.22. The maximum Gasteiger partial charge on any atom is 0.0503 e. The number of nitrogens with two attached hydrogens (primary N) is 1. The second-order valence-corrected chi connectivity index (χ2v) is 3.58. The Morgan fingerprint density at radius 1 is 1.20 bits per heavy atom. The molecular weight excluding hydrogens is 233 g/mol. The summed E-state index contributed by atoms with van der Waals surface area (Å²) in [5, 5.41) is 3.35. The van der Waals surface area contributed by atoms with E-state index in [-0.39, 0.29) is 24.8 Å². The number of hydrogen-bond acceptors (Lipinski definition) is 3. The number of nitrogens with zero attached hydrogens (tertiary/aromatic N) is 1. The van der Waals surface area contributed by atoms with E-state index in [9.17, 15) is 0 Å². The van der Waals surface area contributed by atoms with Crippen LogP contribution in [0, 0.1) is 0 Å². The van der Waals surface area contributed by atoms with Crippen molar-refractivity contribution in [2.24, 2.45) is 0 Å². The molecule has 1 aliphatic rings. The van der Waals surface area contributed by atoms with Crippen molar-refractivity contribution in [3.05, 3.63) is 24.0 Å². The van der Waals surface area contributed by atoms with Crippen LogP contribution in [0.3, 0.4) is 0 Å². The number of nitrogen functional groups attached to an aromatic ring is 1. The largest absolute Gasteiger partial charge is 0.397 e. The smallest absolute Gasteiger partial charge is 0.0503 e. The Labute approximate surface area is 103 Å². The summed E-state index contributed by atoms with van der Waals surface area (Å²) in [6, 6.07) is 2.04. The molecule has 0 radical (unpaired) electrons. The predicted octanol–water partition coefficient (Wildman–Crippen LogP) is 1.97. The lowest BCUT2D eigenvalue weighted by molar-refractivity contribution is 0.460. The van der Waals surface area contributed by atoms with Gasteiger partial charge in [-0.3, -0.25) is 4.98 Å². The number of aromatic nitrogens is 1. The molecule has 86 valence electrons. The molecule has 0 saturated carbocycles. The first kappa shape index (κ1) is 14.5.